The Morgan fingerprint density at radius 1 is 1.26 bits per heavy atom. The molecule has 2 N–H and O–H groups in total. The molecule has 3 heterocycles. The van der Waals surface area contributed by atoms with E-state index in [-0.39, 0.29) is 17.6 Å². The minimum atomic E-state index is -0.270. The van der Waals surface area contributed by atoms with Crippen molar-refractivity contribution in [2.45, 2.75) is 31.9 Å². The van der Waals surface area contributed by atoms with E-state index in [1.54, 1.807) is 23.8 Å². The van der Waals surface area contributed by atoms with Gasteiger partial charge in [0.15, 0.2) is 0 Å². The first-order chi connectivity index (χ1) is 13.0. The number of aromatic nitrogens is 3. The third-order valence-corrected chi connectivity index (χ3v) is 4.91. The van der Waals surface area contributed by atoms with Crippen LogP contribution in [-0.2, 0) is 0 Å². The predicted molar refractivity (Wildman–Crippen MR) is 104 cm³/mol. The maximum atomic E-state index is 12.2. The molecule has 3 aromatic rings. The molecular weight excluding hydrogens is 362 g/mol. The van der Waals surface area contributed by atoms with E-state index in [1.165, 1.54) is 11.3 Å². The number of anilines is 2. The standard InChI is InChI=1S/C19H19N5O2S/c1-19(2)9-14(13-5-3-4-6-15(13)26-19)22-16-8-7-12(10-20-16)17(25)23-18-24-21-11-27-18/h3-8,10-11,14H,9H2,1-2H3,(H,20,22)(H,23,24,25). The van der Waals surface area contributed by atoms with Gasteiger partial charge in [0.1, 0.15) is 22.7 Å². The summed E-state index contributed by atoms with van der Waals surface area (Å²) in [6.45, 7) is 4.15. The van der Waals surface area contributed by atoms with Crippen molar-refractivity contribution >= 4 is 28.2 Å². The van der Waals surface area contributed by atoms with Gasteiger partial charge in [0, 0.05) is 18.2 Å². The van der Waals surface area contributed by atoms with Gasteiger partial charge >= 0.3 is 0 Å². The van der Waals surface area contributed by atoms with Crippen LogP contribution in [0.4, 0.5) is 10.9 Å². The third-order valence-electron chi connectivity index (χ3n) is 4.30. The molecule has 138 valence electrons. The van der Waals surface area contributed by atoms with Crippen LogP contribution in [0.3, 0.4) is 0 Å². The quantitative estimate of drug-likeness (QED) is 0.712. The van der Waals surface area contributed by atoms with E-state index >= 15 is 0 Å². The summed E-state index contributed by atoms with van der Waals surface area (Å²) in [6.07, 6.45) is 2.36. The number of nitrogens with one attached hydrogen (secondary N) is 2. The molecule has 1 aliphatic heterocycles. The molecule has 0 aliphatic carbocycles. The average molecular weight is 381 g/mol. The lowest BCUT2D eigenvalue weighted by atomic mass is 9.90. The highest BCUT2D eigenvalue weighted by molar-refractivity contribution is 7.13. The van der Waals surface area contributed by atoms with E-state index in [4.69, 9.17) is 4.74 Å². The lowest BCUT2D eigenvalue weighted by Gasteiger charge is -2.38. The predicted octanol–water partition coefficient (Wildman–Crippen LogP) is 3.90. The highest BCUT2D eigenvalue weighted by atomic mass is 32.1. The van der Waals surface area contributed by atoms with Crippen LogP contribution in [0.15, 0.2) is 48.1 Å². The Hall–Kier alpha value is -3.00. The summed E-state index contributed by atoms with van der Waals surface area (Å²) in [5.41, 5.74) is 2.86. The van der Waals surface area contributed by atoms with Crippen LogP contribution >= 0.6 is 11.3 Å². The number of carbonyl (C=O) groups excluding carboxylic acids is 1. The molecule has 0 saturated heterocycles. The van der Waals surface area contributed by atoms with Gasteiger partial charge < -0.3 is 10.1 Å². The lowest BCUT2D eigenvalue weighted by molar-refractivity contribution is 0.0758. The summed E-state index contributed by atoms with van der Waals surface area (Å²) in [7, 11) is 0. The van der Waals surface area contributed by atoms with Gasteiger partial charge in [-0.1, -0.05) is 29.5 Å². The SMILES string of the molecule is CC1(C)CC(Nc2ccc(C(=O)Nc3nncs3)cn2)c2ccccc2O1. The van der Waals surface area contributed by atoms with Crippen LogP contribution in [0.5, 0.6) is 5.75 Å². The summed E-state index contributed by atoms with van der Waals surface area (Å²) >= 11 is 1.27. The number of amides is 1. The summed E-state index contributed by atoms with van der Waals surface area (Å²) < 4.78 is 6.06. The number of para-hydroxylation sites is 1. The highest BCUT2D eigenvalue weighted by Gasteiger charge is 2.33. The van der Waals surface area contributed by atoms with Crippen LogP contribution in [0.2, 0.25) is 0 Å². The van der Waals surface area contributed by atoms with Gasteiger partial charge in [-0.3, -0.25) is 10.1 Å². The van der Waals surface area contributed by atoms with Gasteiger partial charge in [-0.05, 0) is 32.0 Å². The van der Waals surface area contributed by atoms with Crippen molar-refractivity contribution in [1.82, 2.24) is 15.2 Å². The Labute approximate surface area is 160 Å². The minimum absolute atomic E-state index is 0.0820. The van der Waals surface area contributed by atoms with Gasteiger partial charge in [0.05, 0.1) is 11.6 Å². The number of pyridine rings is 1. The summed E-state index contributed by atoms with van der Waals surface area (Å²) in [6, 6.07) is 11.6. The number of ether oxygens (including phenoxy) is 1. The molecule has 1 aromatic carbocycles. The van der Waals surface area contributed by atoms with Crippen LogP contribution in [0.25, 0.3) is 0 Å². The molecule has 1 aliphatic rings. The van der Waals surface area contributed by atoms with Gasteiger partial charge in [0.2, 0.25) is 5.13 Å². The molecule has 2 aromatic heterocycles. The zero-order valence-electron chi connectivity index (χ0n) is 15.0. The van der Waals surface area contributed by atoms with Gasteiger partial charge in [-0.15, -0.1) is 10.2 Å². The van der Waals surface area contributed by atoms with Crippen molar-refractivity contribution in [2.75, 3.05) is 10.6 Å². The van der Waals surface area contributed by atoms with Crippen molar-refractivity contribution in [3.05, 3.63) is 59.2 Å². The summed E-state index contributed by atoms with van der Waals surface area (Å²) in [4.78, 5) is 16.6. The van der Waals surface area contributed by atoms with Gasteiger partial charge in [-0.25, -0.2) is 4.98 Å². The summed E-state index contributed by atoms with van der Waals surface area (Å²) in [5.74, 6) is 1.34. The third kappa shape index (κ3) is 3.90. The first-order valence-electron chi connectivity index (χ1n) is 8.58. The van der Waals surface area contributed by atoms with Crippen molar-refractivity contribution in [3.8, 4) is 5.75 Å². The second-order valence-electron chi connectivity index (χ2n) is 6.93. The number of nitrogens with zero attached hydrogens (tertiary/aromatic N) is 3. The second kappa shape index (κ2) is 6.96. The maximum Gasteiger partial charge on any atom is 0.259 e. The molecule has 1 amide bonds. The number of hydrogen-bond donors (Lipinski definition) is 2. The molecule has 0 radical (unpaired) electrons. The molecule has 0 bridgehead atoms. The van der Waals surface area contributed by atoms with E-state index in [9.17, 15) is 4.79 Å². The van der Waals surface area contributed by atoms with Crippen molar-refractivity contribution in [1.29, 1.82) is 0 Å². The smallest absolute Gasteiger partial charge is 0.259 e. The second-order valence-corrected chi connectivity index (χ2v) is 7.76. The number of hydrogen-bond acceptors (Lipinski definition) is 7. The molecule has 27 heavy (non-hydrogen) atoms. The first kappa shape index (κ1) is 17.4. The van der Waals surface area contributed by atoms with Crippen molar-refractivity contribution in [2.24, 2.45) is 0 Å². The normalized spacial score (nSPS) is 17.5. The maximum absolute atomic E-state index is 12.2. The van der Waals surface area contributed by atoms with E-state index in [1.807, 2.05) is 18.2 Å². The van der Waals surface area contributed by atoms with Gasteiger partial charge in [-0.2, -0.15) is 0 Å². The molecule has 0 saturated carbocycles. The number of fused-ring (bicyclic) bond motifs is 1. The van der Waals surface area contributed by atoms with Crippen LogP contribution in [-0.4, -0.2) is 26.7 Å². The van der Waals surface area contributed by atoms with Crippen molar-refractivity contribution in [3.63, 3.8) is 0 Å². The van der Waals surface area contributed by atoms with E-state index in [0.29, 0.717) is 16.5 Å². The van der Waals surface area contributed by atoms with Crippen LogP contribution in [0.1, 0.15) is 42.2 Å². The lowest BCUT2D eigenvalue weighted by Crippen LogP contribution is -2.37. The monoisotopic (exact) mass is 381 g/mol. The van der Waals surface area contributed by atoms with Crippen LogP contribution in [0, 0.1) is 0 Å². The van der Waals surface area contributed by atoms with E-state index in [0.717, 1.165) is 17.7 Å². The fourth-order valence-corrected chi connectivity index (χ4v) is 3.56. The summed E-state index contributed by atoms with van der Waals surface area (Å²) in [5, 5.41) is 14.1. The fourth-order valence-electron chi connectivity index (χ4n) is 3.12. The molecular formula is C19H19N5O2S. The Morgan fingerprint density at radius 3 is 2.85 bits per heavy atom. The van der Waals surface area contributed by atoms with Gasteiger partial charge in [0.25, 0.3) is 5.91 Å². The zero-order valence-corrected chi connectivity index (χ0v) is 15.8. The zero-order chi connectivity index (χ0) is 18.9. The molecule has 4 rings (SSSR count). The number of benzene rings is 1. The van der Waals surface area contributed by atoms with E-state index in [2.05, 4.69) is 45.7 Å². The minimum Gasteiger partial charge on any atom is -0.487 e. The Morgan fingerprint density at radius 2 is 2.11 bits per heavy atom. The highest BCUT2D eigenvalue weighted by Crippen LogP contribution is 2.40. The van der Waals surface area contributed by atoms with Crippen molar-refractivity contribution < 1.29 is 9.53 Å². The largest absolute Gasteiger partial charge is 0.487 e. The molecule has 1 unspecified atom stereocenters. The molecule has 7 nitrogen and oxygen atoms in total. The first-order valence-corrected chi connectivity index (χ1v) is 9.46. The Kier molecular flexibility index (Phi) is 4.49. The molecule has 0 fully saturated rings. The molecule has 8 heteroatoms. The topological polar surface area (TPSA) is 89.0 Å². The number of carbonyl (C=O) groups is 1. The van der Waals surface area contributed by atoms with E-state index < -0.39 is 0 Å². The molecule has 1 atom stereocenters. The number of rotatable bonds is 4. The Bertz CT molecular complexity index is 941. The molecule has 0 spiro atoms. The van der Waals surface area contributed by atoms with Crippen LogP contribution < -0.4 is 15.4 Å². The average Bonchev–Trinajstić information content (AvgIpc) is 3.14. The Balaban J connectivity index is 1.49. The fraction of sp³-hybridized carbons (Fsp3) is 0.263.